The lowest BCUT2D eigenvalue weighted by Crippen LogP contribution is -2.42. The van der Waals surface area contributed by atoms with E-state index >= 15 is 0 Å². The van der Waals surface area contributed by atoms with Crippen molar-refractivity contribution < 1.29 is 14.3 Å². The van der Waals surface area contributed by atoms with Gasteiger partial charge < -0.3 is 15.4 Å². The van der Waals surface area contributed by atoms with Gasteiger partial charge in [0.25, 0.3) is 0 Å². The average Bonchev–Trinajstić information content (AvgIpc) is 2.56. The van der Waals surface area contributed by atoms with Crippen LogP contribution in [-0.4, -0.2) is 24.6 Å². The van der Waals surface area contributed by atoms with Gasteiger partial charge in [0.15, 0.2) is 0 Å². The van der Waals surface area contributed by atoms with Gasteiger partial charge in [0, 0.05) is 19.0 Å². The third-order valence-corrected chi connectivity index (χ3v) is 4.29. The Balaban J connectivity index is 1.58. The molecule has 0 unspecified atom stereocenters. The first-order valence-corrected chi connectivity index (χ1v) is 8.39. The summed E-state index contributed by atoms with van der Waals surface area (Å²) < 4.78 is 5.10. The summed E-state index contributed by atoms with van der Waals surface area (Å²) in [6, 6.07) is 9.77. The summed E-state index contributed by atoms with van der Waals surface area (Å²) in [5, 5.41) is 5.68. The molecule has 1 saturated carbocycles. The van der Waals surface area contributed by atoms with E-state index in [2.05, 4.69) is 17.6 Å². The topological polar surface area (TPSA) is 67.4 Å². The van der Waals surface area contributed by atoms with Crippen molar-refractivity contribution in [1.82, 2.24) is 10.6 Å². The van der Waals surface area contributed by atoms with Crippen molar-refractivity contribution in [2.75, 3.05) is 6.54 Å². The van der Waals surface area contributed by atoms with Crippen LogP contribution in [0.1, 0.15) is 44.6 Å². The van der Waals surface area contributed by atoms with Gasteiger partial charge in [0.1, 0.15) is 6.61 Å². The maximum absolute atomic E-state index is 11.9. The van der Waals surface area contributed by atoms with E-state index < -0.39 is 6.09 Å². The Labute approximate surface area is 137 Å². The number of hydrogen-bond acceptors (Lipinski definition) is 3. The first kappa shape index (κ1) is 17.3. The van der Waals surface area contributed by atoms with Crippen LogP contribution in [0.25, 0.3) is 0 Å². The molecule has 2 N–H and O–H groups in total. The second-order valence-electron chi connectivity index (χ2n) is 6.17. The van der Waals surface area contributed by atoms with E-state index in [0.717, 1.165) is 12.0 Å². The maximum Gasteiger partial charge on any atom is 0.407 e. The molecule has 0 aliphatic heterocycles. The van der Waals surface area contributed by atoms with Crippen molar-refractivity contribution in [3.05, 3.63) is 35.9 Å². The van der Waals surface area contributed by atoms with Gasteiger partial charge in [-0.25, -0.2) is 4.79 Å². The second kappa shape index (κ2) is 9.18. The third kappa shape index (κ3) is 6.30. The molecule has 0 bridgehead atoms. The zero-order chi connectivity index (χ0) is 16.5. The molecule has 1 aliphatic carbocycles. The highest BCUT2D eigenvalue weighted by atomic mass is 16.5. The number of benzene rings is 1. The molecular weight excluding hydrogens is 292 g/mol. The molecule has 0 saturated heterocycles. The van der Waals surface area contributed by atoms with E-state index in [-0.39, 0.29) is 25.0 Å². The van der Waals surface area contributed by atoms with Gasteiger partial charge in [-0.1, -0.05) is 50.1 Å². The van der Waals surface area contributed by atoms with Gasteiger partial charge in [0.2, 0.25) is 5.91 Å². The monoisotopic (exact) mass is 318 g/mol. The van der Waals surface area contributed by atoms with Crippen molar-refractivity contribution in [3.63, 3.8) is 0 Å². The highest BCUT2D eigenvalue weighted by molar-refractivity contribution is 5.77. The Bertz CT molecular complexity index is 504. The fourth-order valence-corrected chi connectivity index (χ4v) is 2.86. The summed E-state index contributed by atoms with van der Waals surface area (Å²) in [5.41, 5.74) is 0.937. The Morgan fingerprint density at radius 3 is 2.65 bits per heavy atom. The smallest absolute Gasteiger partial charge is 0.407 e. The Morgan fingerprint density at radius 2 is 1.91 bits per heavy atom. The van der Waals surface area contributed by atoms with Crippen LogP contribution in [0.3, 0.4) is 0 Å². The van der Waals surface area contributed by atoms with Gasteiger partial charge in [-0.15, -0.1) is 0 Å². The minimum Gasteiger partial charge on any atom is -0.445 e. The molecule has 5 nitrogen and oxygen atoms in total. The largest absolute Gasteiger partial charge is 0.445 e. The van der Waals surface area contributed by atoms with E-state index in [1.165, 1.54) is 19.3 Å². The molecule has 2 rings (SSSR count). The number of alkyl carbamates (subject to hydrolysis) is 1. The second-order valence-corrected chi connectivity index (χ2v) is 6.17. The van der Waals surface area contributed by atoms with Crippen molar-refractivity contribution in [2.24, 2.45) is 5.92 Å². The Kier molecular flexibility index (Phi) is 6.91. The quantitative estimate of drug-likeness (QED) is 0.847. The van der Waals surface area contributed by atoms with Crippen LogP contribution >= 0.6 is 0 Å². The van der Waals surface area contributed by atoms with Crippen molar-refractivity contribution >= 4 is 12.0 Å². The predicted octanol–water partition coefficient (Wildman–Crippen LogP) is 3.00. The summed E-state index contributed by atoms with van der Waals surface area (Å²) >= 11 is 0. The van der Waals surface area contributed by atoms with Crippen LogP contribution in [0.4, 0.5) is 4.79 Å². The molecule has 0 heterocycles. The van der Waals surface area contributed by atoms with Crippen molar-refractivity contribution in [1.29, 1.82) is 0 Å². The third-order valence-electron chi connectivity index (χ3n) is 4.29. The van der Waals surface area contributed by atoms with Gasteiger partial charge >= 0.3 is 6.09 Å². The zero-order valence-electron chi connectivity index (χ0n) is 13.7. The van der Waals surface area contributed by atoms with Crippen LogP contribution < -0.4 is 10.6 Å². The molecule has 1 aromatic carbocycles. The minimum absolute atomic E-state index is 0.00731. The molecule has 2 amide bonds. The molecule has 126 valence electrons. The molecule has 23 heavy (non-hydrogen) atoms. The normalized spacial score (nSPS) is 20.6. The summed E-state index contributed by atoms with van der Waals surface area (Å²) in [4.78, 5) is 23.5. The van der Waals surface area contributed by atoms with Gasteiger partial charge in [0.05, 0.1) is 0 Å². The number of ether oxygens (including phenoxy) is 1. The number of carbonyl (C=O) groups excluding carboxylic acids is 2. The number of hydrogen-bond donors (Lipinski definition) is 2. The molecule has 0 radical (unpaired) electrons. The maximum atomic E-state index is 11.9. The molecule has 2 atom stereocenters. The van der Waals surface area contributed by atoms with Crippen LogP contribution in [0, 0.1) is 5.92 Å². The van der Waals surface area contributed by atoms with E-state index in [4.69, 9.17) is 4.74 Å². The van der Waals surface area contributed by atoms with Crippen LogP contribution in [0.2, 0.25) is 0 Å². The van der Waals surface area contributed by atoms with Gasteiger partial charge in [-0.2, -0.15) is 0 Å². The lowest BCUT2D eigenvalue weighted by atomic mass is 9.86. The molecule has 1 fully saturated rings. The number of carbonyl (C=O) groups is 2. The van der Waals surface area contributed by atoms with Gasteiger partial charge in [-0.05, 0) is 24.3 Å². The molecule has 1 aromatic rings. The first-order chi connectivity index (χ1) is 11.1. The molecule has 0 spiro atoms. The minimum atomic E-state index is -0.493. The average molecular weight is 318 g/mol. The SMILES string of the molecule is C[C@@H]1CCCC[C@@H]1NC(=O)CCNC(=O)OCc1ccccc1. The number of rotatable bonds is 6. The number of nitrogens with one attached hydrogen (secondary N) is 2. The predicted molar refractivity (Wildman–Crippen MR) is 88.8 cm³/mol. The lowest BCUT2D eigenvalue weighted by Gasteiger charge is -2.29. The van der Waals surface area contributed by atoms with Crippen LogP contribution in [0.15, 0.2) is 30.3 Å². The van der Waals surface area contributed by atoms with Crippen molar-refractivity contribution in [3.8, 4) is 0 Å². The first-order valence-electron chi connectivity index (χ1n) is 8.39. The fraction of sp³-hybridized carbons (Fsp3) is 0.556. The molecule has 1 aliphatic rings. The standard InChI is InChI=1S/C18H26N2O3/c1-14-7-5-6-10-16(14)20-17(21)11-12-19-18(22)23-13-15-8-3-2-4-9-15/h2-4,8-9,14,16H,5-7,10-13H2,1H3,(H,19,22)(H,20,21)/t14-,16+/m1/s1. The summed E-state index contributed by atoms with van der Waals surface area (Å²) in [5.74, 6) is 0.531. The number of amides is 2. The fourth-order valence-electron chi connectivity index (χ4n) is 2.86. The molecular formula is C18H26N2O3. The summed E-state index contributed by atoms with van der Waals surface area (Å²) in [6.07, 6.45) is 4.45. The van der Waals surface area contributed by atoms with Crippen LogP contribution in [-0.2, 0) is 16.1 Å². The summed E-state index contributed by atoms with van der Waals surface area (Å²) in [6.45, 7) is 2.71. The van der Waals surface area contributed by atoms with Gasteiger partial charge in [-0.3, -0.25) is 4.79 Å². The van der Waals surface area contributed by atoms with E-state index in [0.29, 0.717) is 12.5 Å². The molecule has 0 aromatic heterocycles. The van der Waals surface area contributed by atoms with Crippen LogP contribution in [0.5, 0.6) is 0 Å². The van der Waals surface area contributed by atoms with E-state index in [1.54, 1.807) is 0 Å². The Hall–Kier alpha value is -2.04. The summed E-state index contributed by atoms with van der Waals surface area (Å²) in [7, 11) is 0. The van der Waals surface area contributed by atoms with E-state index in [1.807, 2.05) is 30.3 Å². The molecule has 5 heteroatoms. The zero-order valence-corrected chi connectivity index (χ0v) is 13.7. The highest BCUT2D eigenvalue weighted by Crippen LogP contribution is 2.23. The Morgan fingerprint density at radius 1 is 1.17 bits per heavy atom. The van der Waals surface area contributed by atoms with E-state index in [9.17, 15) is 9.59 Å². The lowest BCUT2D eigenvalue weighted by molar-refractivity contribution is -0.122. The highest BCUT2D eigenvalue weighted by Gasteiger charge is 2.22. The van der Waals surface area contributed by atoms with Crippen molar-refractivity contribution in [2.45, 2.75) is 51.7 Å².